The molecule has 0 spiro atoms. The molecule has 29 heavy (non-hydrogen) atoms. The third-order valence-electron chi connectivity index (χ3n) is 5.86. The lowest BCUT2D eigenvalue weighted by Gasteiger charge is -2.41. The van der Waals surface area contributed by atoms with E-state index in [-0.39, 0.29) is 11.8 Å². The van der Waals surface area contributed by atoms with Crippen molar-refractivity contribution < 1.29 is 9.53 Å². The van der Waals surface area contributed by atoms with Crippen molar-refractivity contribution in [2.75, 3.05) is 32.3 Å². The fourth-order valence-corrected chi connectivity index (χ4v) is 4.75. The number of carbonyl (C=O) groups is 1. The van der Waals surface area contributed by atoms with E-state index in [2.05, 4.69) is 31.1 Å². The molecule has 0 saturated carbocycles. The van der Waals surface area contributed by atoms with Gasteiger partial charge in [0, 0.05) is 11.9 Å². The average molecular weight is 412 g/mol. The minimum absolute atomic E-state index is 0.00307. The van der Waals surface area contributed by atoms with Gasteiger partial charge in [0.05, 0.1) is 5.41 Å². The summed E-state index contributed by atoms with van der Waals surface area (Å²) in [5.41, 5.74) is 2.00. The number of anilines is 1. The van der Waals surface area contributed by atoms with Gasteiger partial charge in [0.1, 0.15) is 29.8 Å². The van der Waals surface area contributed by atoms with Crippen LogP contribution in [0.4, 0.5) is 5.69 Å². The van der Waals surface area contributed by atoms with E-state index in [1.165, 1.54) is 0 Å². The number of rotatable bonds is 6. The van der Waals surface area contributed by atoms with Crippen molar-refractivity contribution in [2.45, 2.75) is 31.2 Å². The van der Waals surface area contributed by atoms with Gasteiger partial charge in [0.2, 0.25) is 0 Å². The zero-order valence-electron chi connectivity index (χ0n) is 17.1. The molecule has 2 aliphatic heterocycles. The van der Waals surface area contributed by atoms with Gasteiger partial charge in [-0.25, -0.2) is 0 Å². The molecule has 0 N–H and O–H groups in total. The number of hydrogen-bond acceptors (Lipinski definition) is 5. The Morgan fingerprint density at radius 1 is 1.28 bits per heavy atom. The lowest BCUT2D eigenvalue weighted by Crippen LogP contribution is -2.53. The zero-order valence-corrected chi connectivity index (χ0v) is 17.8. The molecule has 0 aromatic heterocycles. The molecule has 152 valence electrons. The van der Waals surface area contributed by atoms with Gasteiger partial charge >= 0.3 is 0 Å². The highest BCUT2D eigenvalue weighted by Gasteiger charge is 2.55. The van der Waals surface area contributed by atoms with Crippen LogP contribution >= 0.6 is 11.6 Å². The van der Waals surface area contributed by atoms with Gasteiger partial charge in [-0.15, -0.1) is 0 Å². The zero-order chi connectivity index (χ0) is 20.6. The second-order valence-corrected chi connectivity index (χ2v) is 8.47. The van der Waals surface area contributed by atoms with Crippen molar-refractivity contribution in [3.63, 3.8) is 0 Å². The van der Waals surface area contributed by atoms with E-state index in [1.807, 2.05) is 41.4 Å². The minimum Gasteiger partial charge on any atom is -0.489 e. The van der Waals surface area contributed by atoms with Crippen LogP contribution in [0.1, 0.15) is 25.3 Å². The Morgan fingerprint density at radius 2 is 2.03 bits per heavy atom. The van der Waals surface area contributed by atoms with E-state index < -0.39 is 5.41 Å². The van der Waals surface area contributed by atoms with Crippen molar-refractivity contribution in [3.05, 3.63) is 59.1 Å². The molecule has 0 amide bonds. The van der Waals surface area contributed by atoms with Crippen LogP contribution in [0.15, 0.2) is 53.6 Å². The van der Waals surface area contributed by atoms with Gasteiger partial charge in [-0.2, -0.15) is 5.10 Å². The molecule has 5 nitrogen and oxygen atoms in total. The lowest BCUT2D eigenvalue weighted by molar-refractivity contribution is -0.111. The normalized spacial score (nSPS) is 22.7. The molecule has 0 saturated heterocycles. The van der Waals surface area contributed by atoms with Crippen LogP contribution in [0.25, 0.3) is 0 Å². The predicted molar refractivity (Wildman–Crippen MR) is 117 cm³/mol. The second-order valence-electron chi connectivity index (χ2n) is 8.03. The molecule has 4 rings (SSSR count). The molecule has 0 aliphatic carbocycles. The maximum Gasteiger partial charge on any atom is 0.176 e. The van der Waals surface area contributed by atoms with Gasteiger partial charge in [-0.05, 0) is 57.2 Å². The van der Waals surface area contributed by atoms with E-state index in [9.17, 15) is 4.79 Å². The summed E-state index contributed by atoms with van der Waals surface area (Å²) in [7, 11) is 4.14. The summed E-state index contributed by atoms with van der Waals surface area (Å²) in [6.07, 6.45) is 1.76. The monoisotopic (exact) mass is 411 g/mol. The second kappa shape index (κ2) is 7.81. The number of fused-ring (bicyclic) bond motifs is 3. The van der Waals surface area contributed by atoms with Crippen molar-refractivity contribution in [3.8, 4) is 5.75 Å². The lowest BCUT2D eigenvalue weighted by atomic mass is 9.67. The Morgan fingerprint density at radius 3 is 2.72 bits per heavy atom. The number of ether oxygens (including phenoxy) is 1. The average Bonchev–Trinajstić information content (AvgIpc) is 3.04. The molecule has 2 unspecified atom stereocenters. The molecule has 0 bridgehead atoms. The Labute approximate surface area is 176 Å². The quantitative estimate of drug-likeness (QED) is 0.716. The third kappa shape index (κ3) is 3.43. The molecule has 2 atom stereocenters. The van der Waals surface area contributed by atoms with Crippen molar-refractivity contribution in [1.29, 1.82) is 0 Å². The molecule has 2 heterocycles. The van der Waals surface area contributed by atoms with Gasteiger partial charge in [0.25, 0.3) is 0 Å². The van der Waals surface area contributed by atoms with E-state index in [4.69, 9.17) is 21.4 Å². The van der Waals surface area contributed by atoms with Crippen molar-refractivity contribution in [2.24, 2.45) is 5.10 Å². The van der Waals surface area contributed by atoms with Crippen LogP contribution in [0.2, 0.25) is 5.02 Å². The highest BCUT2D eigenvalue weighted by atomic mass is 35.5. The first kappa shape index (κ1) is 19.9. The summed E-state index contributed by atoms with van der Waals surface area (Å²) < 4.78 is 6.13. The van der Waals surface area contributed by atoms with Crippen LogP contribution < -0.4 is 9.75 Å². The molecule has 2 aromatic rings. The molecule has 2 aromatic carbocycles. The maximum absolute atomic E-state index is 12.8. The summed E-state index contributed by atoms with van der Waals surface area (Å²) in [6.45, 7) is 3.02. The SMILES string of the molecule is CC(=O)C1=NN2c3cc(Cl)ccc3OCC2C1(CCCN(C)C)c1ccccc1. The highest BCUT2D eigenvalue weighted by Crippen LogP contribution is 2.48. The Kier molecular flexibility index (Phi) is 5.36. The topological polar surface area (TPSA) is 45.1 Å². The highest BCUT2D eigenvalue weighted by molar-refractivity contribution is 6.43. The number of hydrazone groups is 1. The van der Waals surface area contributed by atoms with Crippen molar-refractivity contribution in [1.82, 2.24) is 4.90 Å². The van der Waals surface area contributed by atoms with Crippen LogP contribution in [0.5, 0.6) is 5.75 Å². The standard InChI is InChI=1S/C23H26ClN3O2/c1-16(28)22-23(12-7-13-26(2)3,17-8-5-4-6-9-17)21-15-29-20-11-10-18(24)14-19(20)27(21)25-22/h4-6,8-11,14,21H,7,12-13,15H2,1-3H3. The van der Waals surface area contributed by atoms with Gasteiger partial charge in [-0.1, -0.05) is 41.9 Å². The summed E-state index contributed by atoms with van der Waals surface area (Å²) in [6, 6.07) is 15.7. The molecular weight excluding hydrogens is 386 g/mol. The Balaban J connectivity index is 1.85. The summed E-state index contributed by atoms with van der Waals surface area (Å²) in [5.74, 6) is 0.742. The molecule has 6 heteroatoms. The molecular formula is C23H26ClN3O2. The molecule has 0 fully saturated rings. The number of benzene rings is 2. The van der Waals surface area contributed by atoms with Crippen molar-refractivity contribution >= 4 is 28.8 Å². The first-order valence-corrected chi connectivity index (χ1v) is 10.3. The van der Waals surface area contributed by atoms with Gasteiger partial charge in [-0.3, -0.25) is 9.80 Å². The summed E-state index contributed by atoms with van der Waals surface area (Å²) >= 11 is 6.27. The number of Topliss-reactive ketones (excluding diaryl/α,β-unsaturated/α-hetero) is 1. The van der Waals surface area contributed by atoms with E-state index in [0.717, 1.165) is 36.4 Å². The Bertz CT molecular complexity index is 944. The first-order valence-electron chi connectivity index (χ1n) is 9.95. The summed E-state index contributed by atoms with van der Waals surface area (Å²) in [4.78, 5) is 15.0. The van der Waals surface area contributed by atoms with Gasteiger partial charge in [0.15, 0.2) is 5.78 Å². The minimum atomic E-state index is -0.525. The number of nitrogens with zero attached hydrogens (tertiary/aromatic N) is 3. The summed E-state index contributed by atoms with van der Waals surface area (Å²) in [5, 5.41) is 7.45. The van der Waals surface area contributed by atoms with Crippen LogP contribution in [0, 0.1) is 0 Å². The number of carbonyl (C=O) groups excluding carboxylic acids is 1. The van der Waals surface area contributed by atoms with E-state index >= 15 is 0 Å². The molecule has 0 radical (unpaired) electrons. The van der Waals surface area contributed by atoms with Crippen LogP contribution in [-0.2, 0) is 10.2 Å². The molecule has 2 aliphatic rings. The fraction of sp³-hybridized carbons (Fsp3) is 0.391. The Hall–Kier alpha value is -2.37. The first-order chi connectivity index (χ1) is 13.9. The number of hydrogen-bond donors (Lipinski definition) is 0. The van der Waals surface area contributed by atoms with Crippen LogP contribution in [-0.4, -0.2) is 49.7 Å². The predicted octanol–water partition coefficient (Wildman–Crippen LogP) is 4.15. The van der Waals surface area contributed by atoms with E-state index in [1.54, 1.807) is 6.92 Å². The number of halogens is 1. The van der Waals surface area contributed by atoms with Crippen LogP contribution in [0.3, 0.4) is 0 Å². The largest absolute Gasteiger partial charge is 0.489 e. The third-order valence-corrected chi connectivity index (χ3v) is 6.09. The van der Waals surface area contributed by atoms with E-state index in [0.29, 0.717) is 17.3 Å². The number of ketones is 1. The maximum atomic E-state index is 12.8. The fourth-order valence-electron chi connectivity index (χ4n) is 4.58. The van der Waals surface area contributed by atoms with Gasteiger partial charge < -0.3 is 9.64 Å². The smallest absolute Gasteiger partial charge is 0.176 e.